The Balaban J connectivity index is 1.91. The van der Waals surface area contributed by atoms with Crippen LogP contribution in [0.1, 0.15) is 10.4 Å². The Morgan fingerprint density at radius 1 is 1.10 bits per heavy atom. The largest absolute Gasteiger partial charge is 0.508 e. The predicted molar refractivity (Wildman–Crippen MR) is 80.7 cm³/mol. The number of nitrogens with zero attached hydrogens (tertiary/aromatic N) is 3. The predicted octanol–water partition coefficient (Wildman–Crippen LogP) is 0.417. The van der Waals surface area contributed by atoms with E-state index in [0.29, 0.717) is 18.7 Å². The lowest BCUT2D eigenvalue weighted by molar-refractivity contribution is 0.0629. The highest BCUT2D eigenvalue weighted by atomic mass is 16.3. The number of hydrogen-bond donors (Lipinski definition) is 2. The van der Waals surface area contributed by atoms with Gasteiger partial charge in [0.2, 0.25) is 0 Å². The van der Waals surface area contributed by atoms with Crippen LogP contribution in [0.25, 0.3) is 0 Å². The zero-order valence-corrected chi connectivity index (χ0v) is 12.6. The second-order valence-electron chi connectivity index (χ2n) is 5.68. The second-order valence-corrected chi connectivity index (χ2v) is 5.68. The van der Waals surface area contributed by atoms with Gasteiger partial charge in [-0.15, -0.1) is 0 Å². The van der Waals surface area contributed by atoms with Crippen molar-refractivity contribution in [1.29, 1.82) is 0 Å². The number of likely N-dealkylation sites (N-methyl/N-ethyl adjacent to an activating group) is 1. The molecule has 1 aliphatic heterocycles. The topological polar surface area (TPSA) is 67.2 Å². The number of hydrogen-bond acceptors (Lipinski definition) is 5. The van der Waals surface area contributed by atoms with Gasteiger partial charge in [0.15, 0.2) is 0 Å². The summed E-state index contributed by atoms with van der Waals surface area (Å²) in [4.78, 5) is 18.6. The van der Waals surface area contributed by atoms with Crippen molar-refractivity contribution < 1.29 is 15.0 Å². The average molecular weight is 293 g/mol. The van der Waals surface area contributed by atoms with E-state index in [-0.39, 0.29) is 17.4 Å². The molecule has 1 amide bonds. The van der Waals surface area contributed by atoms with Crippen molar-refractivity contribution in [2.75, 3.05) is 53.4 Å². The van der Waals surface area contributed by atoms with Crippen LogP contribution in [0.3, 0.4) is 0 Å². The van der Waals surface area contributed by atoms with Crippen molar-refractivity contribution in [2.45, 2.75) is 0 Å². The Hall–Kier alpha value is -1.79. The van der Waals surface area contributed by atoms with Crippen LogP contribution in [0.5, 0.6) is 11.5 Å². The summed E-state index contributed by atoms with van der Waals surface area (Å²) in [5, 5.41) is 18.9. The van der Waals surface area contributed by atoms with Crippen molar-refractivity contribution in [2.24, 2.45) is 0 Å². The van der Waals surface area contributed by atoms with Crippen LogP contribution in [0.4, 0.5) is 0 Å². The van der Waals surface area contributed by atoms with Crippen LogP contribution in [-0.4, -0.2) is 84.2 Å². The Morgan fingerprint density at radius 3 is 2.19 bits per heavy atom. The Morgan fingerprint density at radius 2 is 1.67 bits per heavy atom. The maximum atomic E-state index is 12.4. The van der Waals surface area contributed by atoms with Gasteiger partial charge in [0, 0.05) is 50.9 Å². The molecular formula is C15H23N3O3. The number of phenolic OH excluding ortho intramolecular Hbond substituents is 2. The lowest BCUT2D eigenvalue weighted by Crippen LogP contribution is -2.49. The van der Waals surface area contributed by atoms with Gasteiger partial charge in [0.05, 0.1) is 0 Å². The number of amides is 1. The maximum absolute atomic E-state index is 12.4. The minimum absolute atomic E-state index is 0.0945. The van der Waals surface area contributed by atoms with Gasteiger partial charge in [-0.2, -0.15) is 0 Å². The molecule has 6 nitrogen and oxygen atoms in total. The molecule has 0 spiro atoms. The molecule has 1 heterocycles. The molecule has 116 valence electrons. The molecule has 1 saturated heterocycles. The first-order chi connectivity index (χ1) is 9.95. The number of aromatic hydroxyl groups is 2. The minimum Gasteiger partial charge on any atom is -0.508 e. The Bertz CT molecular complexity index is 477. The van der Waals surface area contributed by atoms with Gasteiger partial charge in [-0.05, 0) is 26.2 Å². The van der Waals surface area contributed by atoms with Gasteiger partial charge >= 0.3 is 0 Å². The van der Waals surface area contributed by atoms with Crippen molar-refractivity contribution in [3.05, 3.63) is 23.8 Å². The Kier molecular flexibility index (Phi) is 5.03. The van der Waals surface area contributed by atoms with Crippen molar-refractivity contribution >= 4 is 5.91 Å². The number of carbonyl (C=O) groups excluding carboxylic acids is 1. The minimum atomic E-state index is -0.145. The summed E-state index contributed by atoms with van der Waals surface area (Å²) in [6.45, 7) is 5.05. The molecule has 0 aliphatic carbocycles. The van der Waals surface area contributed by atoms with Gasteiger partial charge < -0.3 is 20.0 Å². The third kappa shape index (κ3) is 4.34. The summed E-state index contributed by atoms with van der Waals surface area (Å²) in [6, 6.07) is 4.00. The van der Waals surface area contributed by atoms with E-state index in [2.05, 4.69) is 9.80 Å². The van der Waals surface area contributed by atoms with E-state index in [1.54, 1.807) is 4.90 Å². The second kappa shape index (κ2) is 6.78. The van der Waals surface area contributed by atoms with Gasteiger partial charge in [-0.1, -0.05) is 0 Å². The quantitative estimate of drug-likeness (QED) is 0.842. The standard InChI is InChI=1S/C15H23N3O3/c1-16(2)3-4-17-5-7-18(8-6-17)15(21)12-9-13(19)11-14(20)10-12/h9-11,19-20H,3-8H2,1-2H3. The normalized spacial score (nSPS) is 16.4. The van der Waals surface area contributed by atoms with Crippen LogP contribution >= 0.6 is 0 Å². The van der Waals surface area contributed by atoms with Crippen LogP contribution in [0.15, 0.2) is 18.2 Å². The van der Waals surface area contributed by atoms with Crippen LogP contribution in [0, 0.1) is 0 Å². The summed E-state index contributed by atoms with van der Waals surface area (Å²) in [6.07, 6.45) is 0. The number of phenols is 2. The van der Waals surface area contributed by atoms with Gasteiger partial charge in [-0.25, -0.2) is 0 Å². The third-order valence-electron chi connectivity index (χ3n) is 3.67. The van der Waals surface area contributed by atoms with Crippen molar-refractivity contribution in [1.82, 2.24) is 14.7 Å². The van der Waals surface area contributed by atoms with E-state index in [1.165, 1.54) is 18.2 Å². The fourth-order valence-electron chi connectivity index (χ4n) is 2.42. The number of carbonyl (C=O) groups is 1. The molecule has 2 rings (SSSR count). The molecule has 21 heavy (non-hydrogen) atoms. The van der Waals surface area contributed by atoms with E-state index in [0.717, 1.165) is 26.2 Å². The monoisotopic (exact) mass is 293 g/mol. The third-order valence-corrected chi connectivity index (χ3v) is 3.67. The molecule has 1 aromatic carbocycles. The molecule has 0 atom stereocenters. The van der Waals surface area contributed by atoms with Crippen LogP contribution < -0.4 is 0 Å². The first-order valence-electron chi connectivity index (χ1n) is 7.15. The first-order valence-corrected chi connectivity index (χ1v) is 7.15. The van der Waals surface area contributed by atoms with Gasteiger partial charge in [0.1, 0.15) is 11.5 Å². The summed E-state index contributed by atoms with van der Waals surface area (Å²) in [5.41, 5.74) is 0.328. The van der Waals surface area contributed by atoms with Crippen LogP contribution in [0.2, 0.25) is 0 Å². The molecule has 2 N–H and O–H groups in total. The zero-order valence-electron chi connectivity index (χ0n) is 12.6. The molecule has 0 saturated carbocycles. The number of benzene rings is 1. The highest BCUT2D eigenvalue weighted by Gasteiger charge is 2.22. The van der Waals surface area contributed by atoms with Gasteiger partial charge in [-0.3, -0.25) is 9.69 Å². The fourth-order valence-corrected chi connectivity index (χ4v) is 2.42. The highest BCUT2D eigenvalue weighted by molar-refractivity contribution is 5.95. The SMILES string of the molecule is CN(C)CCN1CCN(C(=O)c2cc(O)cc(O)c2)CC1. The molecule has 6 heteroatoms. The maximum Gasteiger partial charge on any atom is 0.254 e. The van der Waals surface area contributed by atoms with Crippen LogP contribution in [-0.2, 0) is 0 Å². The summed E-state index contributed by atoms with van der Waals surface area (Å²) < 4.78 is 0. The molecule has 0 bridgehead atoms. The lowest BCUT2D eigenvalue weighted by atomic mass is 10.1. The smallest absolute Gasteiger partial charge is 0.254 e. The number of piperazine rings is 1. The fraction of sp³-hybridized carbons (Fsp3) is 0.533. The number of rotatable bonds is 4. The summed E-state index contributed by atoms with van der Waals surface area (Å²) in [5.74, 6) is -0.334. The molecular weight excluding hydrogens is 270 g/mol. The molecule has 1 aromatic rings. The van der Waals surface area contributed by atoms with E-state index in [9.17, 15) is 15.0 Å². The van der Waals surface area contributed by atoms with E-state index >= 15 is 0 Å². The molecule has 0 unspecified atom stereocenters. The zero-order chi connectivity index (χ0) is 15.4. The Labute approximate surface area is 125 Å². The van der Waals surface area contributed by atoms with Gasteiger partial charge in [0.25, 0.3) is 5.91 Å². The van der Waals surface area contributed by atoms with E-state index in [1.807, 2.05) is 14.1 Å². The first kappa shape index (κ1) is 15.6. The van der Waals surface area contributed by atoms with E-state index in [4.69, 9.17) is 0 Å². The molecule has 1 fully saturated rings. The summed E-state index contributed by atoms with van der Waals surface area (Å²) in [7, 11) is 4.10. The average Bonchev–Trinajstić information content (AvgIpc) is 2.44. The van der Waals surface area contributed by atoms with E-state index < -0.39 is 0 Å². The van der Waals surface area contributed by atoms with Crippen molar-refractivity contribution in [3.63, 3.8) is 0 Å². The molecule has 0 radical (unpaired) electrons. The molecule has 0 aromatic heterocycles. The highest BCUT2D eigenvalue weighted by Crippen LogP contribution is 2.21. The molecule has 1 aliphatic rings. The van der Waals surface area contributed by atoms with Crippen molar-refractivity contribution in [3.8, 4) is 11.5 Å². The summed E-state index contributed by atoms with van der Waals surface area (Å²) >= 11 is 0. The lowest BCUT2D eigenvalue weighted by Gasteiger charge is -2.35.